The lowest BCUT2D eigenvalue weighted by molar-refractivity contribution is -0.115. The molecule has 6 heteroatoms. The summed E-state index contributed by atoms with van der Waals surface area (Å²) in [6, 6.07) is 24.3. The van der Waals surface area contributed by atoms with Crippen molar-refractivity contribution in [3.8, 4) is 0 Å². The molecule has 0 saturated heterocycles. The van der Waals surface area contributed by atoms with Crippen molar-refractivity contribution in [2.45, 2.75) is 6.42 Å². The van der Waals surface area contributed by atoms with Crippen molar-refractivity contribution in [2.24, 2.45) is 0 Å². The Hall–Kier alpha value is -3.51. The van der Waals surface area contributed by atoms with E-state index >= 15 is 0 Å². The Kier molecular flexibility index (Phi) is 5.86. The number of amides is 2. The lowest BCUT2D eigenvalue weighted by Gasteiger charge is -2.09. The molecule has 0 aliphatic heterocycles. The molecule has 5 nitrogen and oxygen atoms in total. The van der Waals surface area contributed by atoms with E-state index in [0.717, 1.165) is 20.8 Å². The summed E-state index contributed by atoms with van der Waals surface area (Å²) in [6.45, 7) is 0. The fourth-order valence-electron chi connectivity index (χ4n) is 3.12. The monoisotopic (exact) mass is 459 g/mol. The van der Waals surface area contributed by atoms with Crippen LogP contribution < -0.4 is 10.6 Å². The van der Waals surface area contributed by atoms with E-state index in [1.165, 1.54) is 0 Å². The van der Waals surface area contributed by atoms with Gasteiger partial charge in [-0.15, -0.1) is 0 Å². The second-order valence-electron chi connectivity index (χ2n) is 6.80. The van der Waals surface area contributed by atoms with Gasteiger partial charge in [0.1, 0.15) is 5.82 Å². The minimum atomic E-state index is -0.296. The maximum Gasteiger partial charge on any atom is 0.256 e. The molecule has 1 aromatic heterocycles. The van der Waals surface area contributed by atoms with Gasteiger partial charge in [0, 0.05) is 21.9 Å². The highest BCUT2D eigenvalue weighted by Crippen LogP contribution is 2.18. The Bertz CT molecular complexity index is 1220. The zero-order valence-corrected chi connectivity index (χ0v) is 17.5. The zero-order chi connectivity index (χ0) is 20.9. The first kappa shape index (κ1) is 19.8. The number of hydrogen-bond donors (Lipinski definition) is 2. The molecule has 1 heterocycles. The molecule has 0 aliphatic rings. The number of carbonyl (C=O) groups is 2. The van der Waals surface area contributed by atoms with Crippen LogP contribution >= 0.6 is 15.9 Å². The minimum Gasteiger partial charge on any atom is -0.326 e. The van der Waals surface area contributed by atoms with Crippen molar-refractivity contribution in [2.75, 3.05) is 10.6 Å². The van der Waals surface area contributed by atoms with E-state index < -0.39 is 0 Å². The lowest BCUT2D eigenvalue weighted by Crippen LogP contribution is -2.16. The van der Waals surface area contributed by atoms with Crippen LogP contribution in [0.4, 0.5) is 11.5 Å². The van der Waals surface area contributed by atoms with Gasteiger partial charge >= 0.3 is 0 Å². The molecule has 0 atom stereocenters. The number of carbonyl (C=O) groups excluding carboxylic acids is 2. The number of rotatable bonds is 5. The van der Waals surface area contributed by atoms with Crippen LogP contribution in [0.15, 0.2) is 89.5 Å². The number of fused-ring (bicyclic) bond motifs is 1. The number of pyridine rings is 1. The molecule has 0 fully saturated rings. The molecule has 4 aromatic rings. The molecule has 0 radical (unpaired) electrons. The van der Waals surface area contributed by atoms with Gasteiger partial charge in [-0.05, 0) is 62.6 Å². The fraction of sp³-hybridized carbons (Fsp3) is 0.0417. The summed E-state index contributed by atoms with van der Waals surface area (Å²) in [5.41, 5.74) is 1.93. The Labute approximate surface area is 182 Å². The van der Waals surface area contributed by atoms with Crippen LogP contribution in [-0.4, -0.2) is 16.8 Å². The summed E-state index contributed by atoms with van der Waals surface area (Å²) in [6.07, 6.45) is 1.86. The van der Waals surface area contributed by atoms with Crippen molar-refractivity contribution in [3.63, 3.8) is 0 Å². The van der Waals surface area contributed by atoms with Crippen LogP contribution in [0.2, 0.25) is 0 Å². The Morgan fingerprint density at radius 1 is 0.833 bits per heavy atom. The highest BCUT2D eigenvalue weighted by Gasteiger charge is 2.10. The maximum absolute atomic E-state index is 12.5. The summed E-state index contributed by atoms with van der Waals surface area (Å²) >= 11 is 3.31. The van der Waals surface area contributed by atoms with Gasteiger partial charge in [0.15, 0.2) is 0 Å². The number of aromatic nitrogens is 1. The molecule has 30 heavy (non-hydrogen) atoms. The topological polar surface area (TPSA) is 71.1 Å². The molecule has 148 valence electrons. The molecule has 0 spiro atoms. The Morgan fingerprint density at radius 2 is 1.67 bits per heavy atom. The predicted octanol–water partition coefficient (Wildman–Crippen LogP) is 5.43. The predicted molar refractivity (Wildman–Crippen MR) is 123 cm³/mol. The van der Waals surface area contributed by atoms with Gasteiger partial charge in [-0.25, -0.2) is 4.98 Å². The summed E-state index contributed by atoms with van der Waals surface area (Å²) in [5.74, 6) is 0.0156. The van der Waals surface area contributed by atoms with Gasteiger partial charge in [0.05, 0.1) is 6.42 Å². The molecule has 4 rings (SSSR count). The fourth-order valence-corrected chi connectivity index (χ4v) is 3.35. The first-order valence-corrected chi connectivity index (χ1v) is 10.2. The number of halogens is 1. The second kappa shape index (κ2) is 8.88. The first-order chi connectivity index (χ1) is 14.6. The number of benzene rings is 3. The van der Waals surface area contributed by atoms with E-state index in [9.17, 15) is 9.59 Å². The quantitative estimate of drug-likeness (QED) is 0.417. The minimum absolute atomic E-state index is 0.141. The normalized spacial score (nSPS) is 10.6. The molecule has 0 unspecified atom stereocenters. The molecule has 2 amide bonds. The van der Waals surface area contributed by atoms with Gasteiger partial charge < -0.3 is 10.6 Å². The van der Waals surface area contributed by atoms with E-state index in [0.29, 0.717) is 17.1 Å². The van der Waals surface area contributed by atoms with Crippen molar-refractivity contribution < 1.29 is 9.59 Å². The zero-order valence-electron chi connectivity index (χ0n) is 15.9. The lowest BCUT2D eigenvalue weighted by atomic mass is 10.0. The number of anilines is 2. The van der Waals surface area contributed by atoms with Gasteiger partial charge in [-0.2, -0.15) is 0 Å². The molecule has 0 aliphatic carbocycles. The second-order valence-corrected chi connectivity index (χ2v) is 7.72. The van der Waals surface area contributed by atoms with Crippen LogP contribution in [-0.2, 0) is 11.2 Å². The van der Waals surface area contributed by atoms with Gasteiger partial charge in [0.25, 0.3) is 5.91 Å². The van der Waals surface area contributed by atoms with Gasteiger partial charge in [-0.3, -0.25) is 9.59 Å². The van der Waals surface area contributed by atoms with Crippen LogP contribution in [0, 0.1) is 0 Å². The average molecular weight is 460 g/mol. The molecular formula is C24H18BrN3O2. The third kappa shape index (κ3) is 4.90. The largest absolute Gasteiger partial charge is 0.326 e. The molecule has 0 bridgehead atoms. The summed E-state index contributed by atoms with van der Waals surface area (Å²) in [4.78, 5) is 29.1. The van der Waals surface area contributed by atoms with Crippen LogP contribution in [0.25, 0.3) is 10.8 Å². The third-order valence-corrected chi connectivity index (χ3v) is 5.03. The van der Waals surface area contributed by atoms with E-state index in [2.05, 4.69) is 31.5 Å². The standard InChI is InChI=1S/C24H18BrN3O2/c25-20-10-11-22(26-15-20)28-24(30)19-6-3-7-21(14-19)27-23(29)13-16-8-9-17-4-1-2-5-18(17)12-16/h1-12,14-15H,13H2,(H,27,29)(H,26,28,30). The molecule has 2 N–H and O–H groups in total. The van der Waals surface area contributed by atoms with Crippen molar-refractivity contribution >= 4 is 50.0 Å². The molecule has 0 saturated carbocycles. The van der Waals surface area contributed by atoms with Gasteiger partial charge in [-0.1, -0.05) is 48.5 Å². The average Bonchev–Trinajstić information content (AvgIpc) is 2.75. The highest BCUT2D eigenvalue weighted by atomic mass is 79.9. The maximum atomic E-state index is 12.5. The van der Waals surface area contributed by atoms with Crippen LogP contribution in [0.1, 0.15) is 15.9 Å². The smallest absolute Gasteiger partial charge is 0.256 e. The third-order valence-electron chi connectivity index (χ3n) is 4.56. The number of nitrogens with one attached hydrogen (secondary N) is 2. The number of hydrogen-bond acceptors (Lipinski definition) is 3. The van der Waals surface area contributed by atoms with Crippen LogP contribution in [0.5, 0.6) is 0 Å². The molecule has 3 aromatic carbocycles. The van der Waals surface area contributed by atoms with E-state index in [1.54, 1.807) is 42.6 Å². The number of nitrogens with zero attached hydrogens (tertiary/aromatic N) is 1. The summed E-state index contributed by atoms with van der Waals surface area (Å²) in [7, 11) is 0. The first-order valence-electron chi connectivity index (χ1n) is 9.37. The molecular weight excluding hydrogens is 442 g/mol. The SMILES string of the molecule is O=C(Cc1ccc2ccccc2c1)Nc1cccc(C(=O)Nc2ccc(Br)cn2)c1. The van der Waals surface area contributed by atoms with Crippen molar-refractivity contribution in [3.05, 3.63) is 101 Å². The van der Waals surface area contributed by atoms with Crippen molar-refractivity contribution in [1.82, 2.24) is 4.98 Å². The Balaban J connectivity index is 1.42. The Morgan fingerprint density at radius 3 is 2.47 bits per heavy atom. The highest BCUT2D eigenvalue weighted by molar-refractivity contribution is 9.10. The van der Waals surface area contributed by atoms with E-state index in [1.807, 2.05) is 42.5 Å². The van der Waals surface area contributed by atoms with E-state index in [-0.39, 0.29) is 18.2 Å². The van der Waals surface area contributed by atoms with Gasteiger partial charge in [0.2, 0.25) is 5.91 Å². The summed E-state index contributed by atoms with van der Waals surface area (Å²) < 4.78 is 0.830. The van der Waals surface area contributed by atoms with Crippen molar-refractivity contribution in [1.29, 1.82) is 0 Å². The van der Waals surface area contributed by atoms with E-state index in [4.69, 9.17) is 0 Å². The van der Waals surface area contributed by atoms with Crippen LogP contribution in [0.3, 0.4) is 0 Å². The summed E-state index contributed by atoms with van der Waals surface area (Å²) in [5, 5.41) is 7.84.